The van der Waals surface area contributed by atoms with E-state index in [0.717, 1.165) is 300 Å². The molecule has 0 aromatic heterocycles. The molecule has 0 saturated heterocycles. The first-order valence-electron chi connectivity index (χ1n) is 46.5. The first-order chi connectivity index (χ1) is 68.1. The van der Waals surface area contributed by atoms with E-state index < -0.39 is 0 Å². The average molecular weight is 1740 g/mol. The van der Waals surface area contributed by atoms with Crippen LogP contribution in [0.25, 0.3) is 203 Å². The molecule has 6 aliphatic rings. The van der Waals surface area contributed by atoms with Gasteiger partial charge in [-0.25, -0.2) is 0 Å². The van der Waals surface area contributed by atoms with Gasteiger partial charge < -0.3 is 0 Å². The monoisotopic (exact) mass is 1730 g/mol. The van der Waals surface area contributed by atoms with Gasteiger partial charge in [-0.05, 0) is 413 Å². The number of fused-ring (bicyclic) bond motifs is 18. The lowest BCUT2D eigenvalue weighted by atomic mass is 9.72. The normalized spacial score (nSPS) is 14.1. The predicted octanol–water partition coefficient (Wildman–Crippen LogP) is 33.0. The van der Waals surface area contributed by atoms with Crippen LogP contribution in [0.5, 0.6) is 0 Å². The van der Waals surface area contributed by atoms with Crippen molar-refractivity contribution in [3.05, 3.63) is 534 Å². The van der Waals surface area contributed by atoms with Crippen LogP contribution in [0.1, 0.15) is 134 Å². The summed E-state index contributed by atoms with van der Waals surface area (Å²) >= 11 is 0. The van der Waals surface area contributed by atoms with E-state index in [0.29, 0.717) is 0 Å². The number of hydrogen-bond acceptors (Lipinski definition) is 0. The Balaban J connectivity index is 0.906. The molecule has 0 bridgehead atoms. The van der Waals surface area contributed by atoms with Gasteiger partial charge in [0.25, 0.3) is 0 Å². The van der Waals surface area contributed by atoms with Crippen molar-refractivity contribution in [3.63, 3.8) is 0 Å². The molecule has 0 aliphatic heterocycles. The molecule has 0 fully saturated rings. The van der Waals surface area contributed by atoms with Crippen molar-refractivity contribution in [1.29, 1.82) is 0 Å². The maximum Gasteiger partial charge on any atom is 0.0248 e. The van der Waals surface area contributed by atoms with Crippen LogP contribution >= 0.6 is 0 Å². The third-order valence-electron chi connectivity index (χ3n) is 28.3. The Morgan fingerprint density at radius 2 is 0.261 bits per heavy atom. The van der Waals surface area contributed by atoms with Gasteiger partial charge in [0.15, 0.2) is 0 Å². The second-order valence-corrected chi connectivity index (χ2v) is 36.1. The molecule has 19 aromatic carbocycles. The predicted molar refractivity (Wildman–Crippen MR) is 580 cm³/mol. The van der Waals surface area contributed by atoms with Crippen molar-refractivity contribution in [2.45, 2.75) is 0 Å². The second-order valence-electron chi connectivity index (χ2n) is 36.1. The van der Waals surface area contributed by atoms with Crippen molar-refractivity contribution in [3.8, 4) is 208 Å². The van der Waals surface area contributed by atoms with Gasteiger partial charge in [-0.15, -0.1) is 38.5 Å². The standard InChI is InChI=1S/C138H78/c1-7-85-31-25-37-91(67-85)73-121-109-49-19-13-43-103(109)115-61-55-97(79-127(115)121)133-134(98-56-62-116-104-44-14-20-50-110(104)122(128(116)80-98)74-92-38-26-32-86(8-2)68-92)136(100-58-64-118-106-46-16-22-52-112(106)124(130(118)82-100)76-94-40-28-34-88(10-4)70-94)138(102-60-66-120-108-48-18-24-54-114(108)126(132(120)84-102)78-96-42-30-36-90(12-6)72-96)137(101-59-65-119-107-47-17-23-53-113(107)125(131(119)83-101)77-95-41-29-35-89(11-5)71-95)135(133)99-57-63-117-105-45-15-21-51-111(105)123(129(117)81-99)75-93-39-27-33-87(9-3)69-93/h1-6,13-84H/b121-73+,122-74+,123-75+,124-76+,125-77+,126-78+. The highest BCUT2D eigenvalue weighted by molar-refractivity contribution is 6.22. The summed E-state index contributed by atoms with van der Waals surface area (Å²) < 4.78 is 0. The zero-order valence-corrected chi connectivity index (χ0v) is 75.0. The highest BCUT2D eigenvalue weighted by Crippen LogP contribution is 2.63. The minimum Gasteiger partial charge on any atom is -0.115 e. The molecule has 0 nitrogen and oxygen atoms in total. The third kappa shape index (κ3) is 13.5. The third-order valence-corrected chi connectivity index (χ3v) is 28.3. The number of benzene rings is 19. The Labute approximate surface area is 805 Å². The molecule has 0 heteroatoms. The minimum atomic E-state index is 0.800. The fourth-order valence-electron chi connectivity index (χ4n) is 22.3. The van der Waals surface area contributed by atoms with Gasteiger partial charge in [0.2, 0.25) is 0 Å². The fraction of sp³-hybridized carbons (Fsp3) is 0. The zero-order chi connectivity index (χ0) is 92.3. The molecule has 0 radical (unpaired) electrons. The SMILES string of the molecule is C#Cc1cccc(/C=C2\c3ccccc3-c3ccc(-c4c(-c5ccc6c(c5)/C(=C/c5cccc(C#C)c5)c5ccccc5-6)c(-c5ccc6c(c5)/C(=C/c5cccc(C#C)c5)c5ccccc5-6)c(-c5ccc6c(c5)/C(=C/c5cccc(C#C)c5)c5ccccc5-6)c(-c5ccc6c(c5)/C(=C/c5cccc(C#C)c5)c5ccccc5-6)c4-c4ccc5c(c4)/C(=C/c4cccc(C#C)c4)c4ccccc4-5)cc32)c1. The molecule has 630 valence electrons. The Morgan fingerprint density at radius 3 is 0.406 bits per heavy atom. The summed E-state index contributed by atoms with van der Waals surface area (Å²) in [6, 6.07) is 147. The lowest BCUT2D eigenvalue weighted by Gasteiger charge is -2.30. The highest BCUT2D eigenvalue weighted by atomic mass is 14.4. The smallest absolute Gasteiger partial charge is 0.0248 e. The van der Waals surface area contributed by atoms with E-state index in [2.05, 4.69) is 436 Å². The summed E-state index contributed by atoms with van der Waals surface area (Å²) in [7, 11) is 0. The van der Waals surface area contributed by atoms with Crippen LogP contribution in [-0.4, -0.2) is 0 Å². The molecule has 0 heterocycles. The molecule has 0 N–H and O–H groups in total. The fourth-order valence-corrected chi connectivity index (χ4v) is 22.3. The zero-order valence-electron chi connectivity index (χ0n) is 75.0. The van der Waals surface area contributed by atoms with E-state index in [1.54, 1.807) is 0 Å². The summed E-state index contributed by atoms with van der Waals surface area (Å²) in [4.78, 5) is 0. The van der Waals surface area contributed by atoms with Crippen molar-refractivity contribution in [2.24, 2.45) is 0 Å². The van der Waals surface area contributed by atoms with Gasteiger partial charge in [0.1, 0.15) is 0 Å². The van der Waals surface area contributed by atoms with E-state index in [-0.39, 0.29) is 0 Å². The molecule has 0 saturated carbocycles. The number of hydrogen-bond donors (Lipinski definition) is 0. The van der Waals surface area contributed by atoms with E-state index in [1.165, 1.54) is 0 Å². The van der Waals surface area contributed by atoms with Crippen LogP contribution in [-0.2, 0) is 0 Å². The van der Waals surface area contributed by atoms with Crippen LogP contribution in [0.15, 0.2) is 400 Å². The highest BCUT2D eigenvalue weighted by Gasteiger charge is 2.38. The van der Waals surface area contributed by atoms with Crippen LogP contribution < -0.4 is 0 Å². The average Bonchev–Trinajstić information content (AvgIpc) is 1.14. The summed E-state index contributed by atoms with van der Waals surface area (Å²) in [6.45, 7) is 0. The lowest BCUT2D eigenvalue weighted by molar-refractivity contribution is 1.50. The summed E-state index contributed by atoms with van der Waals surface area (Å²) in [5.41, 5.74) is 56.2. The lowest BCUT2D eigenvalue weighted by Crippen LogP contribution is -2.04. The molecular weight excluding hydrogens is 1660 g/mol. The Hall–Kier alpha value is -19.0. The molecular formula is C138H78. The first-order valence-corrected chi connectivity index (χ1v) is 46.5. The molecule has 0 amide bonds. The van der Waals surface area contributed by atoms with Crippen LogP contribution in [0.2, 0.25) is 0 Å². The van der Waals surface area contributed by atoms with Crippen LogP contribution in [0.4, 0.5) is 0 Å². The molecule has 0 atom stereocenters. The van der Waals surface area contributed by atoms with Gasteiger partial charge in [-0.2, -0.15) is 0 Å². The quantitative estimate of drug-likeness (QED) is 0.107. The summed E-state index contributed by atoms with van der Waals surface area (Å²) in [5.74, 6) is 17.8. The maximum atomic E-state index is 6.31. The maximum absolute atomic E-state index is 6.31. The Kier molecular flexibility index (Phi) is 19.4. The van der Waals surface area contributed by atoms with Gasteiger partial charge >= 0.3 is 0 Å². The molecule has 138 heavy (non-hydrogen) atoms. The van der Waals surface area contributed by atoms with E-state index in [1.807, 2.05) is 36.4 Å². The summed E-state index contributed by atoms with van der Waals surface area (Å²) in [5, 5.41) is 0. The van der Waals surface area contributed by atoms with E-state index >= 15 is 0 Å². The molecule has 25 rings (SSSR count). The van der Waals surface area contributed by atoms with Gasteiger partial charge in [-0.3, -0.25) is 0 Å². The van der Waals surface area contributed by atoms with Crippen molar-refractivity contribution >= 4 is 69.9 Å². The van der Waals surface area contributed by atoms with Crippen LogP contribution in [0.3, 0.4) is 0 Å². The Morgan fingerprint density at radius 1 is 0.123 bits per heavy atom. The largest absolute Gasteiger partial charge is 0.115 e. The molecule has 19 aromatic rings. The van der Waals surface area contributed by atoms with Gasteiger partial charge in [-0.1, -0.05) is 327 Å². The van der Waals surface area contributed by atoms with Crippen molar-refractivity contribution in [1.82, 2.24) is 0 Å². The second kappa shape index (κ2) is 33.1. The van der Waals surface area contributed by atoms with E-state index in [4.69, 9.17) is 38.5 Å². The Bertz CT molecular complexity index is 7740. The molecule has 0 unspecified atom stereocenters. The van der Waals surface area contributed by atoms with Gasteiger partial charge in [0.05, 0.1) is 0 Å². The summed E-state index contributed by atoms with van der Waals surface area (Å²) in [6.07, 6.45) is 51.9. The topological polar surface area (TPSA) is 0 Å². The van der Waals surface area contributed by atoms with Gasteiger partial charge in [0, 0.05) is 33.4 Å². The number of rotatable bonds is 12. The minimum absolute atomic E-state index is 0.800. The first kappa shape index (κ1) is 81.0. The van der Waals surface area contributed by atoms with Crippen molar-refractivity contribution in [2.75, 3.05) is 0 Å². The van der Waals surface area contributed by atoms with E-state index in [9.17, 15) is 0 Å². The van der Waals surface area contributed by atoms with Crippen LogP contribution in [0, 0.1) is 74.1 Å². The van der Waals surface area contributed by atoms with Crippen molar-refractivity contribution < 1.29 is 0 Å². The number of terminal acetylenes is 6. The molecule has 6 aliphatic carbocycles. The molecule has 0 spiro atoms.